The van der Waals surface area contributed by atoms with Crippen LogP contribution in [-0.4, -0.2) is 16.1 Å². The molecule has 0 fully saturated rings. The van der Waals surface area contributed by atoms with Gasteiger partial charge in [0.05, 0.1) is 5.25 Å². The van der Waals surface area contributed by atoms with E-state index < -0.39 is 0 Å². The van der Waals surface area contributed by atoms with Crippen LogP contribution in [0.25, 0.3) is 11.1 Å². The van der Waals surface area contributed by atoms with Crippen molar-refractivity contribution in [2.75, 3.05) is 5.32 Å². The van der Waals surface area contributed by atoms with Gasteiger partial charge in [0.15, 0.2) is 5.58 Å². The lowest BCUT2D eigenvalue weighted by Crippen LogP contribution is -2.24. The van der Waals surface area contributed by atoms with Crippen molar-refractivity contribution in [1.29, 1.82) is 0 Å². The number of aromatic nitrogens is 1. The van der Waals surface area contributed by atoms with Gasteiger partial charge in [-0.1, -0.05) is 43.0 Å². The van der Waals surface area contributed by atoms with Crippen LogP contribution in [-0.2, 0) is 4.79 Å². The highest BCUT2D eigenvalue weighted by molar-refractivity contribution is 8.00. The second-order valence-corrected chi connectivity index (χ2v) is 6.47. The van der Waals surface area contributed by atoms with Crippen LogP contribution in [0.3, 0.4) is 0 Å². The fraction of sp³-hybridized carbons (Fsp3) is 0.222. The number of fused-ring (bicyclic) bond motifs is 1. The molecule has 0 bridgehead atoms. The number of nitrogens with one attached hydrogen (secondary N) is 1. The Hall–Kier alpha value is -2.27. The Kier molecular flexibility index (Phi) is 4.67. The summed E-state index contributed by atoms with van der Waals surface area (Å²) in [6, 6.07) is 15.4. The van der Waals surface area contributed by atoms with E-state index >= 15 is 0 Å². The number of hydrogen-bond donors (Lipinski definition) is 1. The van der Waals surface area contributed by atoms with E-state index in [1.54, 1.807) is 0 Å². The molecule has 0 aliphatic heterocycles. The van der Waals surface area contributed by atoms with Gasteiger partial charge in [-0.15, -0.1) is 0 Å². The predicted molar refractivity (Wildman–Crippen MR) is 93.8 cm³/mol. The molecule has 1 N–H and O–H groups in total. The molecule has 3 rings (SSSR count). The zero-order valence-corrected chi connectivity index (χ0v) is 13.9. The normalized spacial score (nSPS) is 12.3. The number of aryl methyl sites for hydroxylation is 1. The van der Waals surface area contributed by atoms with Crippen LogP contribution in [0.1, 0.15) is 18.9 Å². The number of anilines is 1. The first-order valence-electron chi connectivity index (χ1n) is 7.55. The van der Waals surface area contributed by atoms with Crippen molar-refractivity contribution in [2.24, 2.45) is 0 Å². The van der Waals surface area contributed by atoms with Crippen LogP contribution in [0.4, 0.5) is 5.69 Å². The van der Waals surface area contributed by atoms with E-state index in [1.165, 1.54) is 11.8 Å². The lowest BCUT2D eigenvalue weighted by molar-refractivity contribution is -0.115. The molecule has 118 valence electrons. The Bertz CT molecular complexity index is 796. The number of benzene rings is 2. The molecule has 2 aromatic carbocycles. The molecular weight excluding hydrogens is 308 g/mol. The largest absolute Gasteiger partial charge is 0.431 e. The van der Waals surface area contributed by atoms with Crippen molar-refractivity contribution in [2.45, 2.75) is 30.7 Å². The molecule has 0 aliphatic rings. The Morgan fingerprint density at radius 3 is 2.83 bits per heavy atom. The van der Waals surface area contributed by atoms with E-state index in [9.17, 15) is 4.79 Å². The second kappa shape index (κ2) is 6.87. The van der Waals surface area contributed by atoms with E-state index in [0.29, 0.717) is 11.6 Å². The molecule has 4 nitrogen and oxygen atoms in total. The SMILES string of the molecule is CCC(Sc1nc2ccccc2o1)C(=O)Nc1cccc(C)c1. The zero-order chi connectivity index (χ0) is 16.2. The summed E-state index contributed by atoms with van der Waals surface area (Å²) in [6.07, 6.45) is 0.695. The van der Waals surface area contributed by atoms with E-state index in [0.717, 1.165) is 22.4 Å². The Morgan fingerprint density at radius 1 is 1.26 bits per heavy atom. The minimum atomic E-state index is -0.247. The average Bonchev–Trinajstić information content (AvgIpc) is 2.95. The molecule has 1 unspecified atom stereocenters. The quantitative estimate of drug-likeness (QED) is 0.694. The average molecular weight is 326 g/mol. The molecule has 0 saturated carbocycles. The highest BCUT2D eigenvalue weighted by Gasteiger charge is 2.21. The van der Waals surface area contributed by atoms with Gasteiger partial charge in [0.1, 0.15) is 5.52 Å². The number of carbonyl (C=O) groups excluding carboxylic acids is 1. The number of nitrogens with zero attached hydrogens (tertiary/aromatic N) is 1. The number of carbonyl (C=O) groups is 1. The van der Waals surface area contributed by atoms with Crippen molar-refractivity contribution in [1.82, 2.24) is 4.98 Å². The van der Waals surface area contributed by atoms with E-state index in [-0.39, 0.29) is 11.2 Å². The Labute approximate surface area is 139 Å². The van der Waals surface area contributed by atoms with Crippen molar-refractivity contribution in [3.05, 3.63) is 54.1 Å². The summed E-state index contributed by atoms with van der Waals surface area (Å²) in [5.41, 5.74) is 3.47. The Balaban J connectivity index is 1.72. The topological polar surface area (TPSA) is 55.1 Å². The lowest BCUT2D eigenvalue weighted by atomic mass is 10.2. The molecule has 0 saturated heterocycles. The third kappa shape index (κ3) is 3.74. The highest BCUT2D eigenvalue weighted by Crippen LogP contribution is 2.29. The molecule has 3 aromatic rings. The van der Waals surface area contributed by atoms with Crippen LogP contribution in [0.15, 0.2) is 58.2 Å². The summed E-state index contributed by atoms with van der Waals surface area (Å²) in [4.78, 5) is 16.9. The first kappa shape index (κ1) is 15.6. The van der Waals surface area contributed by atoms with Crippen LogP contribution in [0.5, 0.6) is 0 Å². The molecule has 1 amide bonds. The smallest absolute Gasteiger partial charge is 0.257 e. The van der Waals surface area contributed by atoms with Gasteiger partial charge in [-0.3, -0.25) is 4.79 Å². The molecule has 23 heavy (non-hydrogen) atoms. The molecule has 1 aromatic heterocycles. The number of amides is 1. The van der Waals surface area contributed by atoms with Crippen molar-refractivity contribution < 1.29 is 9.21 Å². The molecule has 1 heterocycles. The zero-order valence-electron chi connectivity index (χ0n) is 13.1. The standard InChI is InChI=1S/C18H18N2O2S/c1-3-16(17(21)19-13-8-6-7-12(2)11-13)23-18-20-14-9-4-5-10-15(14)22-18/h4-11,16H,3H2,1-2H3,(H,19,21). The number of rotatable bonds is 5. The van der Waals surface area contributed by atoms with Crippen LogP contribution in [0.2, 0.25) is 0 Å². The van der Waals surface area contributed by atoms with E-state index in [2.05, 4.69) is 10.3 Å². The monoisotopic (exact) mass is 326 g/mol. The third-order valence-electron chi connectivity index (χ3n) is 3.47. The van der Waals surface area contributed by atoms with E-state index in [1.807, 2.05) is 62.4 Å². The maximum Gasteiger partial charge on any atom is 0.257 e. The summed E-state index contributed by atoms with van der Waals surface area (Å²) in [6.45, 7) is 3.98. The van der Waals surface area contributed by atoms with Gasteiger partial charge in [-0.25, -0.2) is 4.98 Å². The first-order chi connectivity index (χ1) is 11.2. The van der Waals surface area contributed by atoms with Gasteiger partial charge in [0, 0.05) is 5.69 Å². The summed E-state index contributed by atoms with van der Waals surface area (Å²) in [7, 11) is 0. The van der Waals surface area contributed by atoms with Gasteiger partial charge in [-0.2, -0.15) is 0 Å². The van der Waals surface area contributed by atoms with Gasteiger partial charge < -0.3 is 9.73 Å². The minimum absolute atomic E-state index is 0.0367. The van der Waals surface area contributed by atoms with Crippen molar-refractivity contribution in [3.8, 4) is 0 Å². The molecule has 5 heteroatoms. The van der Waals surface area contributed by atoms with Gasteiger partial charge >= 0.3 is 0 Å². The second-order valence-electron chi connectivity index (χ2n) is 5.32. The molecular formula is C18H18N2O2S. The highest BCUT2D eigenvalue weighted by atomic mass is 32.2. The number of hydrogen-bond acceptors (Lipinski definition) is 4. The number of oxazole rings is 1. The van der Waals surface area contributed by atoms with E-state index in [4.69, 9.17) is 4.42 Å². The maximum absolute atomic E-state index is 12.5. The van der Waals surface area contributed by atoms with Crippen molar-refractivity contribution >= 4 is 34.5 Å². The number of thioether (sulfide) groups is 1. The predicted octanol–water partition coefficient (Wildman–Crippen LogP) is 4.65. The van der Waals surface area contributed by atoms with Gasteiger partial charge in [-0.05, 0) is 43.2 Å². The minimum Gasteiger partial charge on any atom is -0.431 e. The summed E-state index contributed by atoms with van der Waals surface area (Å²) in [5.74, 6) is -0.0367. The first-order valence-corrected chi connectivity index (χ1v) is 8.43. The van der Waals surface area contributed by atoms with Crippen LogP contribution >= 0.6 is 11.8 Å². The summed E-state index contributed by atoms with van der Waals surface area (Å²) >= 11 is 1.36. The molecule has 1 atom stereocenters. The van der Waals surface area contributed by atoms with Crippen molar-refractivity contribution in [3.63, 3.8) is 0 Å². The number of para-hydroxylation sites is 2. The van der Waals surface area contributed by atoms with Crippen LogP contribution in [0, 0.1) is 6.92 Å². The van der Waals surface area contributed by atoms with Gasteiger partial charge in [0.2, 0.25) is 5.91 Å². The molecule has 0 radical (unpaired) electrons. The lowest BCUT2D eigenvalue weighted by Gasteiger charge is -2.13. The third-order valence-corrected chi connectivity index (χ3v) is 4.67. The van der Waals surface area contributed by atoms with Crippen LogP contribution < -0.4 is 5.32 Å². The fourth-order valence-corrected chi connectivity index (χ4v) is 3.16. The maximum atomic E-state index is 12.5. The van der Waals surface area contributed by atoms with Gasteiger partial charge in [0.25, 0.3) is 5.22 Å². The Morgan fingerprint density at radius 2 is 2.09 bits per heavy atom. The molecule has 0 aliphatic carbocycles. The summed E-state index contributed by atoms with van der Waals surface area (Å²) < 4.78 is 5.69. The fourth-order valence-electron chi connectivity index (χ4n) is 2.29. The molecule has 0 spiro atoms. The summed E-state index contributed by atoms with van der Waals surface area (Å²) in [5, 5.41) is 3.24.